The van der Waals surface area contributed by atoms with Gasteiger partial charge >= 0.3 is 5.69 Å². The second kappa shape index (κ2) is 8.90. The molecule has 10 heteroatoms. The fourth-order valence-electron chi connectivity index (χ4n) is 3.60. The minimum atomic E-state index is -0.521. The number of para-hydroxylation sites is 1. The molecule has 0 bridgehead atoms. The van der Waals surface area contributed by atoms with Crippen molar-refractivity contribution in [3.8, 4) is 0 Å². The number of aromatic nitrogens is 2. The van der Waals surface area contributed by atoms with Gasteiger partial charge in [-0.3, -0.25) is 10.1 Å². The molecule has 2 heterocycles. The summed E-state index contributed by atoms with van der Waals surface area (Å²) in [6.07, 6.45) is 1.26. The van der Waals surface area contributed by atoms with Crippen LogP contribution < -0.4 is 15.1 Å². The van der Waals surface area contributed by atoms with Crippen molar-refractivity contribution in [2.45, 2.75) is 6.54 Å². The number of halogens is 2. The van der Waals surface area contributed by atoms with Crippen LogP contribution in [0.15, 0.2) is 54.9 Å². The molecule has 1 N–H and O–H groups in total. The normalized spacial score (nSPS) is 13.9. The first-order valence-corrected chi connectivity index (χ1v) is 9.75. The Morgan fingerprint density at radius 3 is 2.45 bits per heavy atom. The lowest BCUT2D eigenvalue weighted by atomic mass is 10.2. The Balaban J connectivity index is 1.51. The van der Waals surface area contributed by atoms with Crippen LogP contribution in [0.2, 0.25) is 0 Å². The quantitative estimate of drug-likeness (QED) is 0.476. The largest absolute Gasteiger partial charge is 0.366 e. The SMILES string of the molecule is O=[N+]([O-])c1c(NCc2cccc(F)c2)ncnc1N1CCN(c2ccccc2F)CC1. The first-order valence-electron chi connectivity index (χ1n) is 9.75. The number of benzene rings is 2. The Morgan fingerprint density at radius 2 is 1.74 bits per heavy atom. The van der Waals surface area contributed by atoms with Crippen LogP contribution in [0, 0.1) is 21.7 Å². The average Bonchev–Trinajstić information content (AvgIpc) is 2.78. The van der Waals surface area contributed by atoms with Crippen molar-refractivity contribution >= 4 is 23.0 Å². The summed E-state index contributed by atoms with van der Waals surface area (Å²) in [6, 6.07) is 12.5. The minimum Gasteiger partial charge on any atom is -0.366 e. The summed E-state index contributed by atoms with van der Waals surface area (Å²) in [4.78, 5) is 23.2. The zero-order valence-corrected chi connectivity index (χ0v) is 16.5. The van der Waals surface area contributed by atoms with Crippen LogP contribution in [0.4, 0.5) is 31.8 Å². The zero-order chi connectivity index (χ0) is 21.8. The predicted octanol–water partition coefficient (Wildman–Crippen LogP) is 3.60. The van der Waals surface area contributed by atoms with Gasteiger partial charge in [0, 0.05) is 32.7 Å². The molecular weight excluding hydrogens is 406 g/mol. The molecule has 0 aliphatic carbocycles. The van der Waals surface area contributed by atoms with Crippen LogP contribution in [-0.4, -0.2) is 41.1 Å². The number of nitro groups is 1. The van der Waals surface area contributed by atoms with Crippen LogP contribution in [0.3, 0.4) is 0 Å². The number of piperazine rings is 1. The summed E-state index contributed by atoms with van der Waals surface area (Å²) in [7, 11) is 0. The van der Waals surface area contributed by atoms with E-state index in [4.69, 9.17) is 0 Å². The third-order valence-electron chi connectivity index (χ3n) is 5.11. The minimum absolute atomic E-state index is 0.0656. The van der Waals surface area contributed by atoms with Gasteiger partial charge in [-0.25, -0.2) is 18.7 Å². The molecule has 1 fully saturated rings. The predicted molar refractivity (Wildman–Crippen MR) is 113 cm³/mol. The average molecular weight is 426 g/mol. The molecule has 1 aromatic heterocycles. The van der Waals surface area contributed by atoms with E-state index in [2.05, 4.69) is 15.3 Å². The molecule has 3 aromatic rings. The molecule has 0 atom stereocenters. The molecule has 0 saturated carbocycles. The summed E-state index contributed by atoms with van der Waals surface area (Å²) in [5.74, 6) is -0.413. The number of nitrogens with one attached hydrogen (secondary N) is 1. The fourth-order valence-corrected chi connectivity index (χ4v) is 3.60. The number of anilines is 3. The van der Waals surface area contributed by atoms with Gasteiger partial charge in [-0.2, -0.15) is 0 Å². The molecule has 1 aliphatic rings. The molecule has 1 saturated heterocycles. The monoisotopic (exact) mass is 426 g/mol. The van der Waals surface area contributed by atoms with Crippen molar-refractivity contribution in [3.63, 3.8) is 0 Å². The molecule has 8 nitrogen and oxygen atoms in total. The Bertz CT molecular complexity index is 1090. The van der Waals surface area contributed by atoms with E-state index in [1.807, 2.05) is 4.90 Å². The van der Waals surface area contributed by atoms with Crippen molar-refractivity contribution in [1.82, 2.24) is 9.97 Å². The summed E-state index contributed by atoms with van der Waals surface area (Å²) < 4.78 is 27.5. The van der Waals surface area contributed by atoms with E-state index in [0.717, 1.165) is 0 Å². The lowest BCUT2D eigenvalue weighted by Gasteiger charge is -2.36. The molecule has 1 aliphatic heterocycles. The smallest absolute Gasteiger partial charge is 0.353 e. The highest BCUT2D eigenvalue weighted by Crippen LogP contribution is 2.33. The molecule has 160 valence electrons. The van der Waals surface area contributed by atoms with E-state index in [0.29, 0.717) is 37.4 Å². The van der Waals surface area contributed by atoms with Gasteiger partial charge in [-0.1, -0.05) is 24.3 Å². The molecule has 0 amide bonds. The highest BCUT2D eigenvalue weighted by atomic mass is 19.1. The summed E-state index contributed by atoms with van der Waals surface area (Å²) >= 11 is 0. The van der Waals surface area contributed by atoms with E-state index >= 15 is 0 Å². The van der Waals surface area contributed by atoms with Crippen LogP contribution in [0.25, 0.3) is 0 Å². The Hall–Kier alpha value is -3.82. The van der Waals surface area contributed by atoms with E-state index in [1.54, 1.807) is 35.2 Å². The van der Waals surface area contributed by atoms with E-state index in [1.165, 1.54) is 24.5 Å². The Labute approximate surface area is 177 Å². The fraction of sp³-hybridized carbons (Fsp3) is 0.238. The van der Waals surface area contributed by atoms with E-state index in [9.17, 15) is 18.9 Å². The van der Waals surface area contributed by atoms with E-state index < -0.39 is 4.92 Å². The van der Waals surface area contributed by atoms with Gasteiger partial charge in [0.05, 0.1) is 10.6 Å². The van der Waals surface area contributed by atoms with Crippen LogP contribution >= 0.6 is 0 Å². The molecule has 4 rings (SSSR count). The van der Waals surface area contributed by atoms with Crippen molar-refractivity contribution in [2.75, 3.05) is 41.3 Å². The van der Waals surface area contributed by atoms with Gasteiger partial charge in [0.15, 0.2) is 0 Å². The van der Waals surface area contributed by atoms with Crippen molar-refractivity contribution in [2.24, 2.45) is 0 Å². The topological polar surface area (TPSA) is 87.4 Å². The highest BCUT2D eigenvalue weighted by Gasteiger charge is 2.29. The number of rotatable bonds is 6. The molecule has 0 radical (unpaired) electrons. The van der Waals surface area contributed by atoms with Gasteiger partial charge in [0.2, 0.25) is 11.6 Å². The van der Waals surface area contributed by atoms with Crippen molar-refractivity contribution in [3.05, 3.63) is 82.2 Å². The Kier molecular flexibility index (Phi) is 5.87. The summed E-state index contributed by atoms with van der Waals surface area (Å²) in [6.45, 7) is 2.05. The first-order chi connectivity index (χ1) is 15.0. The lowest BCUT2D eigenvalue weighted by molar-refractivity contribution is -0.383. The molecule has 0 unspecified atom stereocenters. The van der Waals surface area contributed by atoms with Crippen LogP contribution in [0.5, 0.6) is 0 Å². The van der Waals surface area contributed by atoms with Gasteiger partial charge in [-0.05, 0) is 29.8 Å². The zero-order valence-electron chi connectivity index (χ0n) is 16.5. The van der Waals surface area contributed by atoms with Crippen molar-refractivity contribution < 1.29 is 13.7 Å². The van der Waals surface area contributed by atoms with Crippen LogP contribution in [-0.2, 0) is 6.54 Å². The Morgan fingerprint density at radius 1 is 1.00 bits per heavy atom. The second-order valence-corrected chi connectivity index (χ2v) is 7.06. The number of nitrogens with zero attached hydrogens (tertiary/aromatic N) is 5. The third kappa shape index (κ3) is 4.52. The summed E-state index contributed by atoms with van der Waals surface area (Å²) in [5.41, 5.74) is 0.906. The van der Waals surface area contributed by atoms with Crippen molar-refractivity contribution in [1.29, 1.82) is 0 Å². The number of hydrogen-bond donors (Lipinski definition) is 1. The van der Waals surface area contributed by atoms with Crippen LogP contribution in [0.1, 0.15) is 5.56 Å². The maximum absolute atomic E-state index is 14.1. The van der Waals surface area contributed by atoms with Gasteiger partial charge in [0.1, 0.15) is 18.0 Å². The lowest BCUT2D eigenvalue weighted by Crippen LogP contribution is -2.47. The van der Waals surface area contributed by atoms with Gasteiger partial charge in [-0.15, -0.1) is 0 Å². The maximum atomic E-state index is 14.1. The standard InChI is InChI=1S/C21H20F2N6O2/c22-16-5-3-4-15(12-16)13-24-20-19(29(30)31)21(26-14-25-20)28-10-8-27(9-11-28)18-7-2-1-6-17(18)23/h1-7,12,14H,8-11,13H2,(H,24,25,26). The third-order valence-corrected chi connectivity index (χ3v) is 5.11. The second-order valence-electron chi connectivity index (χ2n) is 7.06. The molecule has 0 spiro atoms. The highest BCUT2D eigenvalue weighted by molar-refractivity contribution is 5.70. The molecule has 2 aromatic carbocycles. The first kappa shape index (κ1) is 20.5. The summed E-state index contributed by atoms with van der Waals surface area (Å²) in [5, 5.41) is 14.7. The molecule has 31 heavy (non-hydrogen) atoms. The molecular formula is C21H20F2N6O2. The van der Waals surface area contributed by atoms with E-state index in [-0.39, 0.29) is 35.5 Å². The maximum Gasteiger partial charge on any atom is 0.353 e. The van der Waals surface area contributed by atoms with Gasteiger partial charge in [0.25, 0.3) is 0 Å². The number of hydrogen-bond acceptors (Lipinski definition) is 7. The van der Waals surface area contributed by atoms with Gasteiger partial charge < -0.3 is 15.1 Å².